The molecule has 0 aliphatic heterocycles. The summed E-state index contributed by atoms with van der Waals surface area (Å²) in [4.78, 5) is 12.8. The van der Waals surface area contributed by atoms with Crippen molar-refractivity contribution in [2.24, 2.45) is 0 Å². The van der Waals surface area contributed by atoms with Gasteiger partial charge in [-0.3, -0.25) is 4.79 Å². The molecule has 0 radical (unpaired) electrons. The number of benzene rings is 3. The molecule has 0 aliphatic rings. The van der Waals surface area contributed by atoms with E-state index in [0.29, 0.717) is 34.8 Å². The quantitative estimate of drug-likeness (QED) is 0.299. The van der Waals surface area contributed by atoms with E-state index in [1.165, 1.54) is 0 Å². The van der Waals surface area contributed by atoms with Gasteiger partial charge in [0.1, 0.15) is 5.75 Å². The SMILES string of the molecule is CCCOc1c(OCCC)c(OC(=O)Cc2ccc(OC)cc2)c2ccc(Cl)cc2c1O. The molecule has 6 nitrogen and oxygen atoms in total. The summed E-state index contributed by atoms with van der Waals surface area (Å²) in [5, 5.41) is 12.3. The van der Waals surface area contributed by atoms with Crippen LogP contribution in [0.4, 0.5) is 0 Å². The van der Waals surface area contributed by atoms with Crippen LogP contribution >= 0.6 is 11.6 Å². The molecular weight excluding hydrogens is 432 g/mol. The molecule has 0 bridgehead atoms. The topological polar surface area (TPSA) is 74.2 Å². The monoisotopic (exact) mass is 458 g/mol. The molecule has 1 N–H and O–H groups in total. The van der Waals surface area contributed by atoms with E-state index in [0.717, 1.165) is 18.4 Å². The van der Waals surface area contributed by atoms with Crippen molar-refractivity contribution >= 4 is 28.3 Å². The maximum atomic E-state index is 12.8. The first-order valence-electron chi connectivity index (χ1n) is 10.6. The lowest BCUT2D eigenvalue weighted by molar-refractivity contribution is -0.133. The van der Waals surface area contributed by atoms with Gasteiger partial charge in [-0.15, -0.1) is 0 Å². The standard InChI is InChI=1S/C25H27ClO6/c1-4-12-30-24-22(28)20-15-17(26)8-11-19(20)23(25(24)31-13-5-2)32-21(27)14-16-6-9-18(29-3)10-7-16/h6-11,15,28H,4-5,12-14H2,1-3H3. The number of hydrogen-bond acceptors (Lipinski definition) is 6. The van der Waals surface area contributed by atoms with Crippen molar-refractivity contribution in [1.29, 1.82) is 0 Å². The molecule has 0 saturated heterocycles. The summed E-state index contributed by atoms with van der Waals surface area (Å²) in [6.45, 7) is 4.64. The predicted molar refractivity (Wildman–Crippen MR) is 125 cm³/mol. The molecule has 0 aromatic heterocycles. The molecule has 0 fully saturated rings. The first kappa shape index (κ1) is 23.5. The van der Waals surface area contributed by atoms with Crippen molar-refractivity contribution in [2.45, 2.75) is 33.1 Å². The Morgan fingerprint density at radius 1 is 0.906 bits per heavy atom. The fourth-order valence-corrected chi connectivity index (χ4v) is 3.37. The Morgan fingerprint density at radius 2 is 1.56 bits per heavy atom. The van der Waals surface area contributed by atoms with Crippen molar-refractivity contribution in [3.63, 3.8) is 0 Å². The average Bonchev–Trinajstić information content (AvgIpc) is 2.79. The molecule has 0 amide bonds. The van der Waals surface area contributed by atoms with E-state index in [4.69, 9.17) is 30.5 Å². The maximum Gasteiger partial charge on any atom is 0.315 e. The molecule has 3 aromatic carbocycles. The Hall–Kier alpha value is -3.12. The Morgan fingerprint density at radius 3 is 2.19 bits per heavy atom. The molecule has 0 unspecified atom stereocenters. The minimum atomic E-state index is -0.472. The van der Waals surface area contributed by atoms with Crippen LogP contribution in [0.1, 0.15) is 32.3 Å². The lowest BCUT2D eigenvalue weighted by atomic mass is 10.1. The summed E-state index contributed by atoms with van der Waals surface area (Å²) in [7, 11) is 1.58. The van der Waals surface area contributed by atoms with Crippen LogP contribution in [0.5, 0.6) is 28.7 Å². The van der Waals surface area contributed by atoms with Crippen LogP contribution in [0.3, 0.4) is 0 Å². The van der Waals surface area contributed by atoms with Gasteiger partial charge in [0.15, 0.2) is 11.5 Å². The number of halogens is 1. The van der Waals surface area contributed by atoms with Gasteiger partial charge in [-0.25, -0.2) is 0 Å². The zero-order chi connectivity index (χ0) is 23.1. The molecule has 0 spiro atoms. The number of hydrogen-bond donors (Lipinski definition) is 1. The summed E-state index contributed by atoms with van der Waals surface area (Å²) >= 11 is 6.16. The minimum absolute atomic E-state index is 0.0539. The number of phenols is 1. The van der Waals surface area contributed by atoms with Crippen LogP contribution < -0.4 is 18.9 Å². The first-order valence-corrected chi connectivity index (χ1v) is 10.9. The number of aromatic hydroxyl groups is 1. The van der Waals surface area contributed by atoms with Gasteiger partial charge in [0, 0.05) is 15.8 Å². The predicted octanol–water partition coefficient (Wildman–Crippen LogP) is 5.93. The Kier molecular flexibility index (Phi) is 8.06. The van der Waals surface area contributed by atoms with Crippen molar-refractivity contribution in [3.05, 3.63) is 53.1 Å². The van der Waals surface area contributed by atoms with Crippen LogP contribution in [0.15, 0.2) is 42.5 Å². The molecule has 7 heteroatoms. The molecular formula is C25H27ClO6. The summed E-state index contributed by atoms with van der Waals surface area (Å²) in [6, 6.07) is 12.1. The normalized spacial score (nSPS) is 10.8. The van der Waals surface area contributed by atoms with Crippen molar-refractivity contribution < 1.29 is 28.8 Å². The van der Waals surface area contributed by atoms with E-state index in [1.807, 2.05) is 13.8 Å². The second kappa shape index (κ2) is 11.0. The summed E-state index contributed by atoms with van der Waals surface area (Å²) in [5.74, 6) is 0.680. The molecule has 0 aliphatic carbocycles. The van der Waals surface area contributed by atoms with Gasteiger partial charge in [-0.2, -0.15) is 0 Å². The minimum Gasteiger partial charge on any atom is -0.504 e. The third kappa shape index (κ3) is 5.37. The van der Waals surface area contributed by atoms with Crippen LogP contribution in [-0.2, 0) is 11.2 Å². The number of carbonyl (C=O) groups excluding carboxylic acids is 1. The van der Waals surface area contributed by atoms with Gasteiger partial charge in [-0.1, -0.05) is 37.6 Å². The van der Waals surface area contributed by atoms with Crippen LogP contribution in [0.25, 0.3) is 10.8 Å². The van der Waals surface area contributed by atoms with Crippen LogP contribution in [-0.4, -0.2) is 31.4 Å². The number of fused-ring (bicyclic) bond motifs is 1. The number of carbonyl (C=O) groups is 1. The Labute approximate surface area is 192 Å². The number of phenolic OH excluding ortho intramolecular Hbond substituents is 1. The van der Waals surface area contributed by atoms with E-state index in [2.05, 4.69) is 0 Å². The van der Waals surface area contributed by atoms with Crippen LogP contribution in [0.2, 0.25) is 5.02 Å². The fourth-order valence-electron chi connectivity index (χ4n) is 3.20. The van der Waals surface area contributed by atoms with Gasteiger partial charge in [-0.05, 0) is 48.7 Å². The zero-order valence-corrected chi connectivity index (χ0v) is 19.2. The number of esters is 1. The number of ether oxygens (including phenoxy) is 4. The lowest BCUT2D eigenvalue weighted by Gasteiger charge is -2.20. The van der Waals surface area contributed by atoms with Crippen LogP contribution in [0, 0.1) is 0 Å². The molecule has 0 heterocycles. The molecule has 170 valence electrons. The second-order valence-corrected chi connectivity index (χ2v) is 7.66. The van der Waals surface area contributed by atoms with Gasteiger partial charge < -0.3 is 24.1 Å². The highest BCUT2D eigenvalue weighted by atomic mass is 35.5. The smallest absolute Gasteiger partial charge is 0.315 e. The van der Waals surface area contributed by atoms with Gasteiger partial charge >= 0.3 is 5.97 Å². The highest BCUT2D eigenvalue weighted by Gasteiger charge is 2.25. The highest BCUT2D eigenvalue weighted by Crippen LogP contribution is 2.51. The van der Waals surface area contributed by atoms with E-state index < -0.39 is 5.97 Å². The fraction of sp³-hybridized carbons (Fsp3) is 0.320. The van der Waals surface area contributed by atoms with Crippen molar-refractivity contribution in [2.75, 3.05) is 20.3 Å². The van der Waals surface area contributed by atoms with E-state index in [9.17, 15) is 9.90 Å². The van der Waals surface area contributed by atoms with Gasteiger partial charge in [0.25, 0.3) is 0 Å². The van der Waals surface area contributed by atoms with Gasteiger partial charge in [0.05, 0.1) is 26.7 Å². The summed E-state index contributed by atoms with van der Waals surface area (Å²) in [5.41, 5.74) is 0.778. The first-order chi connectivity index (χ1) is 15.5. The highest BCUT2D eigenvalue weighted by molar-refractivity contribution is 6.31. The maximum absolute atomic E-state index is 12.8. The van der Waals surface area contributed by atoms with Crippen molar-refractivity contribution in [1.82, 2.24) is 0 Å². The molecule has 0 atom stereocenters. The Balaban J connectivity index is 2.04. The lowest BCUT2D eigenvalue weighted by Crippen LogP contribution is -2.13. The average molecular weight is 459 g/mol. The summed E-state index contributed by atoms with van der Waals surface area (Å²) < 4.78 is 22.7. The van der Waals surface area contributed by atoms with E-state index >= 15 is 0 Å². The third-order valence-corrected chi connectivity index (χ3v) is 4.97. The molecule has 3 rings (SSSR count). The number of rotatable bonds is 10. The van der Waals surface area contributed by atoms with E-state index in [1.54, 1.807) is 49.6 Å². The molecule has 3 aromatic rings. The third-order valence-electron chi connectivity index (χ3n) is 4.73. The van der Waals surface area contributed by atoms with E-state index in [-0.39, 0.29) is 29.4 Å². The van der Waals surface area contributed by atoms with Gasteiger partial charge in [0.2, 0.25) is 11.5 Å². The zero-order valence-electron chi connectivity index (χ0n) is 18.4. The molecule has 32 heavy (non-hydrogen) atoms. The number of methoxy groups -OCH3 is 1. The largest absolute Gasteiger partial charge is 0.504 e. The second-order valence-electron chi connectivity index (χ2n) is 7.22. The molecule has 0 saturated carbocycles. The Bertz CT molecular complexity index is 1080. The van der Waals surface area contributed by atoms with Crippen molar-refractivity contribution in [3.8, 4) is 28.7 Å². The summed E-state index contributed by atoms with van der Waals surface area (Å²) in [6.07, 6.45) is 1.51.